The molecule has 0 radical (unpaired) electrons. The van der Waals surface area contributed by atoms with Crippen LogP contribution in [0.25, 0.3) is 38.6 Å². The maximum atomic E-state index is 4.99. The van der Waals surface area contributed by atoms with Gasteiger partial charge in [0.25, 0.3) is 0 Å². The molecule has 0 spiro atoms. The molecule has 114 valence electrons. The first-order valence-electron chi connectivity index (χ1n) is 7.86. The van der Waals surface area contributed by atoms with E-state index in [1.165, 1.54) is 16.3 Å². The standard InChI is InChI=1S/C21H13BrN2/c22-15-10-8-14(9-11-15)20-21-18(13-16-5-3-4-12-24(16)21)17-6-1-2-7-19(17)23-20/h1-13H. The Kier molecular flexibility index (Phi) is 2.97. The number of fused-ring (bicyclic) bond motifs is 5. The Morgan fingerprint density at radius 1 is 0.792 bits per heavy atom. The maximum Gasteiger partial charge on any atom is 0.0956 e. The second-order valence-electron chi connectivity index (χ2n) is 5.89. The van der Waals surface area contributed by atoms with Gasteiger partial charge in [-0.1, -0.05) is 52.3 Å². The van der Waals surface area contributed by atoms with E-state index in [-0.39, 0.29) is 0 Å². The fourth-order valence-corrected chi connectivity index (χ4v) is 3.62. The summed E-state index contributed by atoms with van der Waals surface area (Å²) in [6.07, 6.45) is 2.11. The van der Waals surface area contributed by atoms with Crippen LogP contribution in [-0.2, 0) is 0 Å². The second-order valence-corrected chi connectivity index (χ2v) is 6.80. The fourth-order valence-electron chi connectivity index (χ4n) is 3.35. The fraction of sp³-hybridized carbons (Fsp3) is 0. The van der Waals surface area contributed by atoms with Crippen LogP contribution in [0.15, 0.2) is 83.5 Å². The van der Waals surface area contributed by atoms with Gasteiger partial charge in [-0.2, -0.15) is 0 Å². The highest BCUT2D eigenvalue weighted by Crippen LogP contribution is 2.34. The molecule has 24 heavy (non-hydrogen) atoms. The average molecular weight is 373 g/mol. The first-order valence-corrected chi connectivity index (χ1v) is 8.65. The summed E-state index contributed by atoms with van der Waals surface area (Å²) in [5.41, 5.74) is 5.51. The number of pyridine rings is 2. The zero-order valence-corrected chi connectivity index (χ0v) is 14.4. The lowest BCUT2D eigenvalue weighted by molar-refractivity contribution is 1.24. The maximum absolute atomic E-state index is 4.99. The highest BCUT2D eigenvalue weighted by molar-refractivity contribution is 9.10. The van der Waals surface area contributed by atoms with Crippen molar-refractivity contribution in [3.8, 4) is 11.3 Å². The van der Waals surface area contributed by atoms with Gasteiger partial charge in [0, 0.05) is 32.5 Å². The summed E-state index contributed by atoms with van der Waals surface area (Å²) in [6, 6.07) is 25.2. The van der Waals surface area contributed by atoms with Gasteiger partial charge in [0.1, 0.15) is 0 Å². The van der Waals surface area contributed by atoms with E-state index < -0.39 is 0 Å². The highest BCUT2D eigenvalue weighted by Gasteiger charge is 2.14. The molecule has 0 aliphatic heterocycles. The summed E-state index contributed by atoms with van der Waals surface area (Å²) in [6.45, 7) is 0. The Balaban J connectivity index is 2.01. The molecule has 3 heterocycles. The van der Waals surface area contributed by atoms with Crippen LogP contribution < -0.4 is 0 Å². The predicted octanol–water partition coefficient (Wildman–Crippen LogP) is 6.07. The summed E-state index contributed by atoms with van der Waals surface area (Å²) < 4.78 is 3.30. The number of rotatable bonds is 1. The largest absolute Gasteiger partial charge is 0.315 e. The molecule has 0 saturated carbocycles. The van der Waals surface area contributed by atoms with Crippen molar-refractivity contribution >= 4 is 43.3 Å². The Morgan fingerprint density at radius 3 is 2.46 bits per heavy atom. The summed E-state index contributed by atoms with van der Waals surface area (Å²) in [4.78, 5) is 4.99. The van der Waals surface area contributed by atoms with E-state index in [1.54, 1.807) is 0 Å². The van der Waals surface area contributed by atoms with Gasteiger partial charge in [-0.25, -0.2) is 4.98 Å². The molecule has 5 aromatic rings. The smallest absolute Gasteiger partial charge is 0.0956 e. The number of aromatic nitrogens is 2. The molecule has 2 aromatic carbocycles. The quantitative estimate of drug-likeness (QED) is 0.349. The van der Waals surface area contributed by atoms with Crippen molar-refractivity contribution in [2.24, 2.45) is 0 Å². The molecule has 0 amide bonds. The summed E-state index contributed by atoms with van der Waals surface area (Å²) >= 11 is 3.51. The summed E-state index contributed by atoms with van der Waals surface area (Å²) in [5, 5.41) is 2.43. The van der Waals surface area contributed by atoms with Gasteiger partial charge in [0.05, 0.1) is 16.7 Å². The van der Waals surface area contributed by atoms with E-state index in [2.05, 4.69) is 93.3 Å². The third-order valence-electron chi connectivity index (χ3n) is 4.45. The van der Waals surface area contributed by atoms with Crippen molar-refractivity contribution in [2.75, 3.05) is 0 Å². The van der Waals surface area contributed by atoms with E-state index in [4.69, 9.17) is 4.98 Å². The van der Waals surface area contributed by atoms with Crippen LogP contribution in [0.2, 0.25) is 0 Å². The van der Waals surface area contributed by atoms with Gasteiger partial charge in [-0.3, -0.25) is 0 Å². The van der Waals surface area contributed by atoms with Gasteiger partial charge in [0.2, 0.25) is 0 Å². The van der Waals surface area contributed by atoms with Crippen LogP contribution in [0.4, 0.5) is 0 Å². The molecule has 0 unspecified atom stereocenters. The number of hydrogen-bond donors (Lipinski definition) is 0. The predicted molar refractivity (Wildman–Crippen MR) is 103 cm³/mol. The van der Waals surface area contributed by atoms with Crippen molar-refractivity contribution in [3.05, 3.63) is 83.5 Å². The van der Waals surface area contributed by atoms with Crippen molar-refractivity contribution in [3.63, 3.8) is 0 Å². The first-order chi connectivity index (χ1) is 11.8. The molecule has 5 rings (SSSR count). The van der Waals surface area contributed by atoms with Gasteiger partial charge in [-0.15, -0.1) is 0 Å². The van der Waals surface area contributed by atoms with Gasteiger partial charge < -0.3 is 4.40 Å². The number of para-hydroxylation sites is 1. The molecule has 0 fully saturated rings. The minimum Gasteiger partial charge on any atom is -0.315 e. The number of halogens is 1. The van der Waals surface area contributed by atoms with Crippen LogP contribution >= 0.6 is 15.9 Å². The molecule has 3 heteroatoms. The molecule has 0 saturated heterocycles. The third-order valence-corrected chi connectivity index (χ3v) is 4.98. The van der Waals surface area contributed by atoms with Crippen LogP contribution in [0.3, 0.4) is 0 Å². The van der Waals surface area contributed by atoms with Crippen molar-refractivity contribution in [1.82, 2.24) is 9.38 Å². The zero-order chi connectivity index (χ0) is 16.1. The van der Waals surface area contributed by atoms with Crippen LogP contribution in [0.5, 0.6) is 0 Å². The highest BCUT2D eigenvalue weighted by atomic mass is 79.9. The molecular formula is C21H13BrN2. The topological polar surface area (TPSA) is 17.3 Å². The van der Waals surface area contributed by atoms with Crippen molar-refractivity contribution < 1.29 is 0 Å². The normalized spacial score (nSPS) is 11.5. The average Bonchev–Trinajstić information content (AvgIpc) is 3.02. The van der Waals surface area contributed by atoms with E-state index in [1.807, 2.05) is 6.07 Å². The third kappa shape index (κ3) is 1.98. The molecule has 0 bridgehead atoms. The van der Waals surface area contributed by atoms with Crippen LogP contribution in [0.1, 0.15) is 0 Å². The van der Waals surface area contributed by atoms with Gasteiger partial charge in [0.15, 0.2) is 0 Å². The van der Waals surface area contributed by atoms with E-state index >= 15 is 0 Å². The second kappa shape index (κ2) is 5.18. The zero-order valence-electron chi connectivity index (χ0n) is 12.8. The molecule has 0 aliphatic rings. The van der Waals surface area contributed by atoms with E-state index in [9.17, 15) is 0 Å². The summed E-state index contributed by atoms with van der Waals surface area (Å²) in [7, 11) is 0. The number of hydrogen-bond acceptors (Lipinski definition) is 1. The van der Waals surface area contributed by atoms with E-state index in [0.29, 0.717) is 0 Å². The lowest BCUT2D eigenvalue weighted by Crippen LogP contribution is -1.91. The van der Waals surface area contributed by atoms with E-state index in [0.717, 1.165) is 26.8 Å². The van der Waals surface area contributed by atoms with Gasteiger partial charge in [-0.05, 0) is 36.4 Å². The Hall–Kier alpha value is -2.65. The molecular weight excluding hydrogens is 360 g/mol. The van der Waals surface area contributed by atoms with Crippen LogP contribution in [0, 0.1) is 0 Å². The molecule has 2 nitrogen and oxygen atoms in total. The molecule has 3 aromatic heterocycles. The minimum atomic E-state index is 1.02. The monoisotopic (exact) mass is 372 g/mol. The molecule has 0 N–H and O–H groups in total. The van der Waals surface area contributed by atoms with Crippen LogP contribution in [-0.4, -0.2) is 9.38 Å². The molecule has 0 atom stereocenters. The Labute approximate surface area is 147 Å². The first kappa shape index (κ1) is 13.8. The molecule has 0 aliphatic carbocycles. The lowest BCUT2D eigenvalue weighted by Gasteiger charge is -2.08. The number of nitrogens with zero attached hydrogens (tertiary/aromatic N) is 2. The summed E-state index contributed by atoms with van der Waals surface area (Å²) in [5.74, 6) is 0. The number of benzene rings is 2. The lowest BCUT2D eigenvalue weighted by atomic mass is 10.1. The van der Waals surface area contributed by atoms with Crippen molar-refractivity contribution in [1.29, 1.82) is 0 Å². The van der Waals surface area contributed by atoms with Gasteiger partial charge >= 0.3 is 0 Å². The Morgan fingerprint density at radius 2 is 1.58 bits per heavy atom. The minimum absolute atomic E-state index is 1.02. The Bertz CT molecular complexity index is 1200. The van der Waals surface area contributed by atoms with Crippen molar-refractivity contribution in [2.45, 2.75) is 0 Å². The SMILES string of the molecule is Brc1ccc(-c2nc3ccccc3c3cc4ccccn4c23)cc1.